The number of hydrogen-bond donors (Lipinski definition) is 1. The Labute approximate surface area is 147 Å². The third-order valence-corrected chi connectivity index (χ3v) is 3.82. The van der Waals surface area contributed by atoms with Gasteiger partial charge in [-0.1, -0.05) is 12.1 Å². The molecular weight excluding hydrogens is 314 g/mol. The van der Waals surface area contributed by atoms with Crippen LogP contribution in [0.3, 0.4) is 0 Å². The van der Waals surface area contributed by atoms with Crippen molar-refractivity contribution in [2.45, 2.75) is 6.54 Å². The van der Waals surface area contributed by atoms with Crippen molar-refractivity contribution in [1.82, 2.24) is 20.1 Å². The van der Waals surface area contributed by atoms with Crippen molar-refractivity contribution in [2.24, 2.45) is 0 Å². The van der Waals surface area contributed by atoms with Crippen molar-refractivity contribution in [3.63, 3.8) is 0 Å². The quantitative estimate of drug-likeness (QED) is 0.751. The van der Waals surface area contributed by atoms with Crippen LogP contribution in [0.25, 0.3) is 11.4 Å². The molecule has 0 spiro atoms. The van der Waals surface area contributed by atoms with Crippen LogP contribution in [0.15, 0.2) is 60.9 Å². The molecule has 6 heteroatoms. The Hall–Kier alpha value is -3.15. The Morgan fingerprint density at radius 3 is 2.76 bits per heavy atom. The lowest BCUT2D eigenvalue weighted by atomic mass is 10.2. The number of rotatable bonds is 6. The Morgan fingerprint density at radius 1 is 1.12 bits per heavy atom. The van der Waals surface area contributed by atoms with Gasteiger partial charge in [0.1, 0.15) is 5.69 Å². The number of carbonyl (C=O) groups excluding carboxylic acids is 1. The van der Waals surface area contributed by atoms with Gasteiger partial charge in [0.05, 0.1) is 12.2 Å². The van der Waals surface area contributed by atoms with Gasteiger partial charge in [-0.3, -0.25) is 14.5 Å². The number of nitrogens with zero attached hydrogens (tertiary/aromatic N) is 4. The minimum Gasteiger partial charge on any atom is -0.378 e. The first-order valence-electron chi connectivity index (χ1n) is 8.14. The number of benzene rings is 1. The molecule has 0 saturated heterocycles. The van der Waals surface area contributed by atoms with Crippen molar-refractivity contribution in [2.75, 3.05) is 25.5 Å². The summed E-state index contributed by atoms with van der Waals surface area (Å²) in [6.45, 7) is 1.11. The van der Waals surface area contributed by atoms with Gasteiger partial charge in [-0.2, -0.15) is 5.10 Å². The summed E-state index contributed by atoms with van der Waals surface area (Å²) in [6.07, 6.45) is 3.64. The number of hydrogen-bond acceptors (Lipinski definition) is 4. The molecule has 25 heavy (non-hydrogen) atoms. The summed E-state index contributed by atoms with van der Waals surface area (Å²) in [6, 6.07) is 15.2. The van der Waals surface area contributed by atoms with Crippen molar-refractivity contribution in [3.8, 4) is 11.4 Å². The molecule has 3 rings (SSSR count). The molecule has 0 unspecified atom stereocenters. The maximum atomic E-state index is 12.3. The molecule has 2 aromatic heterocycles. The highest BCUT2D eigenvalue weighted by atomic mass is 16.1. The van der Waals surface area contributed by atoms with Crippen molar-refractivity contribution >= 4 is 11.6 Å². The van der Waals surface area contributed by atoms with Gasteiger partial charge in [0.25, 0.3) is 5.91 Å². The number of carbonyl (C=O) groups is 1. The zero-order valence-electron chi connectivity index (χ0n) is 14.4. The number of amides is 1. The van der Waals surface area contributed by atoms with Gasteiger partial charge < -0.3 is 10.2 Å². The Balaban J connectivity index is 1.55. The fraction of sp³-hybridized carbons (Fsp3) is 0.211. The molecule has 1 aromatic carbocycles. The van der Waals surface area contributed by atoms with Gasteiger partial charge in [0, 0.05) is 44.3 Å². The fourth-order valence-electron chi connectivity index (χ4n) is 2.45. The Morgan fingerprint density at radius 2 is 2.00 bits per heavy atom. The maximum Gasteiger partial charge on any atom is 0.251 e. The lowest BCUT2D eigenvalue weighted by Crippen LogP contribution is -2.27. The molecular formula is C19H21N5O. The lowest BCUT2D eigenvalue weighted by molar-refractivity contribution is 0.0952. The van der Waals surface area contributed by atoms with Crippen LogP contribution in [0.2, 0.25) is 0 Å². The van der Waals surface area contributed by atoms with E-state index < -0.39 is 0 Å². The van der Waals surface area contributed by atoms with E-state index in [1.54, 1.807) is 10.9 Å². The van der Waals surface area contributed by atoms with Crippen LogP contribution < -0.4 is 10.2 Å². The monoisotopic (exact) mass is 335 g/mol. The summed E-state index contributed by atoms with van der Waals surface area (Å²) < 4.78 is 1.81. The average Bonchev–Trinajstić information content (AvgIpc) is 3.11. The van der Waals surface area contributed by atoms with Crippen LogP contribution in [-0.4, -0.2) is 41.3 Å². The second-order valence-electron chi connectivity index (χ2n) is 5.88. The standard InChI is InChI=1S/C19H21N5O/c1-23(2)16-7-5-6-15(14-16)19(25)21-11-13-24-12-9-18(22-24)17-8-3-4-10-20-17/h3-10,12,14H,11,13H2,1-2H3,(H,21,25). The van der Waals surface area contributed by atoms with Gasteiger partial charge >= 0.3 is 0 Å². The smallest absolute Gasteiger partial charge is 0.251 e. The van der Waals surface area contributed by atoms with Crippen LogP contribution in [0, 0.1) is 0 Å². The van der Waals surface area contributed by atoms with Crippen molar-refractivity contribution in [1.29, 1.82) is 0 Å². The second-order valence-corrected chi connectivity index (χ2v) is 5.88. The van der Waals surface area contributed by atoms with E-state index in [1.807, 2.05) is 73.7 Å². The van der Waals surface area contributed by atoms with E-state index in [9.17, 15) is 4.79 Å². The minimum atomic E-state index is -0.0826. The number of nitrogens with one attached hydrogen (secondary N) is 1. The van der Waals surface area contributed by atoms with E-state index in [1.165, 1.54) is 0 Å². The van der Waals surface area contributed by atoms with Crippen LogP contribution in [0.5, 0.6) is 0 Å². The number of anilines is 1. The molecule has 0 radical (unpaired) electrons. The molecule has 1 N–H and O–H groups in total. The molecule has 0 aliphatic rings. The molecule has 0 atom stereocenters. The molecule has 0 bridgehead atoms. The van der Waals surface area contributed by atoms with Crippen LogP contribution in [-0.2, 0) is 6.54 Å². The topological polar surface area (TPSA) is 63.1 Å². The van der Waals surface area contributed by atoms with E-state index in [0.29, 0.717) is 18.7 Å². The summed E-state index contributed by atoms with van der Waals surface area (Å²) >= 11 is 0. The SMILES string of the molecule is CN(C)c1cccc(C(=O)NCCn2ccc(-c3ccccn3)n2)c1. The number of aromatic nitrogens is 3. The van der Waals surface area contributed by atoms with E-state index in [-0.39, 0.29) is 5.91 Å². The normalized spacial score (nSPS) is 10.5. The molecule has 6 nitrogen and oxygen atoms in total. The summed E-state index contributed by atoms with van der Waals surface area (Å²) in [5.74, 6) is -0.0826. The lowest BCUT2D eigenvalue weighted by Gasteiger charge is -2.13. The Kier molecular flexibility index (Phi) is 5.09. The van der Waals surface area contributed by atoms with Gasteiger partial charge in [0.2, 0.25) is 0 Å². The third-order valence-electron chi connectivity index (χ3n) is 3.82. The highest BCUT2D eigenvalue weighted by Crippen LogP contribution is 2.14. The summed E-state index contributed by atoms with van der Waals surface area (Å²) in [4.78, 5) is 18.5. The van der Waals surface area contributed by atoms with Gasteiger partial charge in [-0.15, -0.1) is 0 Å². The van der Waals surface area contributed by atoms with Gasteiger partial charge in [0.15, 0.2) is 0 Å². The minimum absolute atomic E-state index is 0.0826. The predicted octanol–water partition coefficient (Wildman–Crippen LogP) is 2.44. The second kappa shape index (κ2) is 7.61. The highest BCUT2D eigenvalue weighted by Gasteiger charge is 2.07. The Bertz CT molecular complexity index is 842. The van der Waals surface area contributed by atoms with E-state index in [2.05, 4.69) is 15.4 Å². The third kappa shape index (κ3) is 4.23. The predicted molar refractivity (Wildman–Crippen MR) is 98.6 cm³/mol. The van der Waals surface area contributed by atoms with Crippen LogP contribution >= 0.6 is 0 Å². The summed E-state index contributed by atoms with van der Waals surface area (Å²) in [7, 11) is 3.90. The van der Waals surface area contributed by atoms with Gasteiger partial charge in [-0.05, 0) is 36.4 Å². The van der Waals surface area contributed by atoms with Crippen molar-refractivity contribution in [3.05, 3.63) is 66.5 Å². The van der Waals surface area contributed by atoms with E-state index in [4.69, 9.17) is 0 Å². The zero-order chi connectivity index (χ0) is 17.6. The molecule has 2 heterocycles. The molecule has 0 fully saturated rings. The summed E-state index contributed by atoms with van der Waals surface area (Å²) in [5, 5.41) is 7.41. The zero-order valence-corrected chi connectivity index (χ0v) is 14.4. The largest absolute Gasteiger partial charge is 0.378 e. The first-order valence-corrected chi connectivity index (χ1v) is 8.14. The summed E-state index contributed by atoms with van der Waals surface area (Å²) in [5.41, 5.74) is 3.32. The fourth-order valence-corrected chi connectivity index (χ4v) is 2.45. The first-order chi connectivity index (χ1) is 12.1. The van der Waals surface area contributed by atoms with Crippen LogP contribution in [0.4, 0.5) is 5.69 Å². The first kappa shape index (κ1) is 16.7. The molecule has 0 aliphatic carbocycles. The average molecular weight is 335 g/mol. The van der Waals surface area contributed by atoms with Gasteiger partial charge in [-0.25, -0.2) is 0 Å². The number of pyridine rings is 1. The van der Waals surface area contributed by atoms with Crippen molar-refractivity contribution < 1.29 is 4.79 Å². The maximum absolute atomic E-state index is 12.3. The van der Waals surface area contributed by atoms with E-state index >= 15 is 0 Å². The molecule has 3 aromatic rings. The molecule has 0 saturated carbocycles. The highest BCUT2D eigenvalue weighted by molar-refractivity contribution is 5.95. The molecule has 0 aliphatic heterocycles. The molecule has 1 amide bonds. The molecule has 128 valence electrons. The van der Waals surface area contributed by atoms with E-state index in [0.717, 1.165) is 17.1 Å². The van der Waals surface area contributed by atoms with Crippen LogP contribution in [0.1, 0.15) is 10.4 Å².